The third kappa shape index (κ3) is 3.52. The molecule has 0 heterocycles. The lowest BCUT2D eigenvalue weighted by Gasteiger charge is -2.40. The van der Waals surface area contributed by atoms with Gasteiger partial charge in [-0.25, -0.2) is 0 Å². The van der Waals surface area contributed by atoms with Gasteiger partial charge in [0.2, 0.25) is 0 Å². The zero-order valence-electron chi connectivity index (χ0n) is 13.3. The molecule has 0 atom stereocenters. The van der Waals surface area contributed by atoms with Crippen LogP contribution in [0.5, 0.6) is 5.75 Å². The average molecular weight is 296 g/mol. The number of hydrogen-bond donors (Lipinski definition) is 0. The van der Waals surface area contributed by atoms with Crippen molar-refractivity contribution in [1.82, 2.24) is 0 Å². The maximum atomic E-state index is 13.4. The van der Waals surface area contributed by atoms with E-state index in [9.17, 15) is 9.36 Å². The standard InChI is InChI=1S/C16H25O3P/c1-15(2,3)20(18,16(4,5)6)12-19-14-9-7-13(11-17)8-10-14/h7-11H,12H2,1-6H3. The molecule has 0 bridgehead atoms. The predicted octanol–water partition coefficient (Wildman–Crippen LogP) is 4.80. The molecule has 0 aliphatic rings. The van der Waals surface area contributed by atoms with E-state index in [1.807, 2.05) is 41.5 Å². The van der Waals surface area contributed by atoms with Gasteiger partial charge in [-0.3, -0.25) is 4.79 Å². The molecular formula is C16H25O3P. The Morgan fingerprint density at radius 3 is 1.80 bits per heavy atom. The Morgan fingerprint density at radius 1 is 1.00 bits per heavy atom. The van der Waals surface area contributed by atoms with Crippen molar-refractivity contribution in [2.75, 3.05) is 6.35 Å². The van der Waals surface area contributed by atoms with Crippen LogP contribution in [-0.2, 0) is 4.57 Å². The summed E-state index contributed by atoms with van der Waals surface area (Å²) in [7, 11) is -2.56. The molecule has 0 unspecified atom stereocenters. The lowest BCUT2D eigenvalue weighted by molar-refractivity contribution is 0.112. The van der Waals surface area contributed by atoms with Crippen molar-refractivity contribution in [3.05, 3.63) is 29.8 Å². The number of ether oxygens (including phenoxy) is 1. The van der Waals surface area contributed by atoms with Crippen LogP contribution < -0.4 is 4.74 Å². The minimum atomic E-state index is -2.56. The molecule has 1 aromatic carbocycles. The van der Waals surface area contributed by atoms with Crippen LogP contribution in [-0.4, -0.2) is 22.9 Å². The zero-order chi connectivity index (χ0) is 15.6. The topological polar surface area (TPSA) is 43.4 Å². The van der Waals surface area contributed by atoms with Crippen molar-refractivity contribution in [3.8, 4) is 5.75 Å². The van der Waals surface area contributed by atoms with Crippen LogP contribution >= 0.6 is 7.14 Å². The number of carbonyl (C=O) groups is 1. The Hall–Kier alpha value is -1.08. The Bertz CT molecular complexity index is 486. The van der Waals surface area contributed by atoms with Gasteiger partial charge in [-0.15, -0.1) is 0 Å². The second kappa shape index (κ2) is 5.73. The number of aldehydes is 1. The van der Waals surface area contributed by atoms with Crippen LogP contribution in [0.4, 0.5) is 0 Å². The Morgan fingerprint density at radius 2 is 1.45 bits per heavy atom. The number of hydrogen-bond acceptors (Lipinski definition) is 3. The molecule has 0 N–H and O–H groups in total. The zero-order valence-corrected chi connectivity index (χ0v) is 14.2. The monoisotopic (exact) mass is 296 g/mol. The number of benzene rings is 1. The normalized spacial score (nSPS) is 13.1. The first kappa shape index (κ1) is 17.0. The molecule has 0 aromatic heterocycles. The van der Waals surface area contributed by atoms with Crippen LogP contribution in [0.1, 0.15) is 51.9 Å². The summed E-state index contributed by atoms with van der Waals surface area (Å²) in [5.41, 5.74) is 0.604. The molecule has 3 nitrogen and oxygen atoms in total. The maximum absolute atomic E-state index is 13.4. The van der Waals surface area contributed by atoms with E-state index in [1.54, 1.807) is 24.3 Å². The molecule has 0 fully saturated rings. The van der Waals surface area contributed by atoms with E-state index in [0.29, 0.717) is 11.3 Å². The summed E-state index contributed by atoms with van der Waals surface area (Å²) < 4.78 is 19.1. The quantitative estimate of drug-likeness (QED) is 0.592. The predicted molar refractivity (Wildman–Crippen MR) is 84.4 cm³/mol. The second-order valence-electron chi connectivity index (χ2n) is 7.04. The first-order valence-electron chi connectivity index (χ1n) is 6.78. The highest BCUT2D eigenvalue weighted by Crippen LogP contribution is 2.66. The van der Waals surface area contributed by atoms with Crippen molar-refractivity contribution in [3.63, 3.8) is 0 Å². The first-order chi connectivity index (χ1) is 9.01. The van der Waals surface area contributed by atoms with E-state index in [-0.39, 0.29) is 16.7 Å². The number of rotatable bonds is 4. The van der Waals surface area contributed by atoms with Gasteiger partial charge in [-0.05, 0) is 24.3 Å². The average Bonchev–Trinajstić information content (AvgIpc) is 2.33. The van der Waals surface area contributed by atoms with Gasteiger partial charge in [0.15, 0.2) is 0 Å². The van der Waals surface area contributed by atoms with Crippen molar-refractivity contribution in [2.45, 2.75) is 51.9 Å². The third-order valence-electron chi connectivity index (χ3n) is 3.60. The van der Waals surface area contributed by atoms with Crippen molar-refractivity contribution in [1.29, 1.82) is 0 Å². The second-order valence-corrected chi connectivity index (χ2v) is 11.5. The molecule has 1 rings (SSSR count). The molecule has 0 radical (unpaired) electrons. The molecule has 0 saturated heterocycles. The summed E-state index contributed by atoms with van der Waals surface area (Å²) in [5.74, 6) is 0.643. The fourth-order valence-corrected chi connectivity index (χ4v) is 5.32. The van der Waals surface area contributed by atoms with E-state index in [4.69, 9.17) is 4.74 Å². The van der Waals surface area contributed by atoms with Gasteiger partial charge in [-0.2, -0.15) is 0 Å². The lowest BCUT2D eigenvalue weighted by atomic mass is 10.2. The van der Waals surface area contributed by atoms with Gasteiger partial charge in [0.25, 0.3) is 0 Å². The molecule has 112 valence electrons. The molecule has 1 aromatic rings. The highest BCUT2D eigenvalue weighted by Gasteiger charge is 2.46. The highest BCUT2D eigenvalue weighted by molar-refractivity contribution is 7.66. The molecule has 0 spiro atoms. The summed E-state index contributed by atoms with van der Waals surface area (Å²) in [6.45, 7) is 12.0. The van der Waals surface area contributed by atoms with Gasteiger partial charge in [0.1, 0.15) is 25.5 Å². The first-order valence-corrected chi connectivity index (χ1v) is 8.68. The van der Waals surface area contributed by atoms with E-state index in [0.717, 1.165) is 6.29 Å². The smallest absolute Gasteiger partial charge is 0.150 e. The molecule has 0 aliphatic heterocycles. The summed E-state index contributed by atoms with van der Waals surface area (Å²) in [5, 5.41) is -0.623. The van der Waals surface area contributed by atoms with Gasteiger partial charge >= 0.3 is 0 Å². The van der Waals surface area contributed by atoms with Crippen LogP contribution in [0.15, 0.2) is 24.3 Å². The van der Waals surface area contributed by atoms with Crippen LogP contribution in [0.25, 0.3) is 0 Å². The largest absolute Gasteiger partial charge is 0.486 e. The highest BCUT2D eigenvalue weighted by atomic mass is 31.2. The van der Waals surface area contributed by atoms with Crippen molar-refractivity contribution in [2.24, 2.45) is 0 Å². The Labute approximate surface area is 122 Å². The van der Waals surface area contributed by atoms with Gasteiger partial charge in [-0.1, -0.05) is 41.5 Å². The Kier molecular flexibility index (Phi) is 4.86. The van der Waals surface area contributed by atoms with Crippen LogP contribution in [0.3, 0.4) is 0 Å². The van der Waals surface area contributed by atoms with E-state index in [2.05, 4.69) is 0 Å². The summed E-state index contributed by atoms with van der Waals surface area (Å²) >= 11 is 0. The van der Waals surface area contributed by atoms with E-state index < -0.39 is 7.14 Å². The summed E-state index contributed by atoms with van der Waals surface area (Å²) in [6, 6.07) is 6.86. The van der Waals surface area contributed by atoms with Gasteiger partial charge in [0, 0.05) is 15.9 Å². The van der Waals surface area contributed by atoms with Gasteiger partial charge in [0.05, 0.1) is 0 Å². The molecule has 4 heteroatoms. The number of carbonyl (C=O) groups excluding carboxylic acids is 1. The maximum Gasteiger partial charge on any atom is 0.150 e. The fraction of sp³-hybridized carbons (Fsp3) is 0.562. The van der Waals surface area contributed by atoms with E-state index in [1.165, 1.54) is 0 Å². The third-order valence-corrected chi connectivity index (χ3v) is 8.42. The van der Waals surface area contributed by atoms with Crippen molar-refractivity contribution >= 4 is 13.4 Å². The summed E-state index contributed by atoms with van der Waals surface area (Å²) in [4.78, 5) is 10.6. The minimum absolute atomic E-state index is 0.209. The van der Waals surface area contributed by atoms with Crippen molar-refractivity contribution < 1.29 is 14.1 Å². The van der Waals surface area contributed by atoms with E-state index >= 15 is 0 Å². The summed E-state index contributed by atoms with van der Waals surface area (Å²) in [6.07, 6.45) is 0.999. The van der Waals surface area contributed by atoms with Crippen LogP contribution in [0.2, 0.25) is 0 Å². The lowest BCUT2D eigenvalue weighted by Crippen LogP contribution is -2.31. The SMILES string of the molecule is CC(C)(C)P(=O)(COc1ccc(C=O)cc1)C(C)(C)C. The molecule has 20 heavy (non-hydrogen) atoms. The minimum Gasteiger partial charge on any atom is -0.486 e. The molecular weight excluding hydrogens is 271 g/mol. The fourth-order valence-electron chi connectivity index (χ4n) is 2.20. The molecule has 0 amide bonds. The molecule has 0 saturated carbocycles. The van der Waals surface area contributed by atoms with Crippen LogP contribution in [0, 0.1) is 0 Å². The molecule has 0 aliphatic carbocycles. The Balaban J connectivity index is 2.93. The van der Waals surface area contributed by atoms with Gasteiger partial charge < -0.3 is 9.30 Å².